The highest BCUT2D eigenvalue weighted by Crippen LogP contribution is 2.21. The molecule has 0 saturated carbocycles. The fourth-order valence-electron chi connectivity index (χ4n) is 3.35. The molecule has 0 atom stereocenters. The minimum atomic E-state index is 0.661. The Kier molecular flexibility index (Phi) is 3.93. The lowest BCUT2D eigenvalue weighted by atomic mass is 10.2. The zero-order valence-corrected chi connectivity index (χ0v) is 15.3. The van der Waals surface area contributed by atoms with Crippen LogP contribution in [0.25, 0.3) is 28.0 Å². The maximum atomic E-state index is 4.81. The Morgan fingerprint density at radius 3 is 2.96 bits per heavy atom. The number of benzene rings is 1. The molecule has 4 heterocycles. The van der Waals surface area contributed by atoms with Crippen LogP contribution in [-0.4, -0.2) is 41.0 Å². The molecule has 0 bridgehead atoms. The van der Waals surface area contributed by atoms with Crippen molar-refractivity contribution >= 4 is 28.1 Å². The second-order valence-corrected chi connectivity index (χ2v) is 6.55. The number of nitrogens with one attached hydrogen (secondary N) is 2. The molecule has 0 radical (unpaired) electrons. The molecule has 5 aromatic rings. The van der Waals surface area contributed by atoms with E-state index in [1.165, 1.54) is 11.9 Å². The Bertz CT molecular complexity index is 1270. The smallest absolute Gasteiger partial charge is 0.164 e. The standard InChI is InChI=1S/C20H18N8/c1-13-4-2-5-14(10-13)28-16(27-15-6-3-8-22-20(15)28)7-9-21-18-17-19(24-11-23-17)26-12-25-18/h2-6,8,10-12H,7,9H2,1H3,(H2,21,23,24,25,26). The molecule has 138 valence electrons. The van der Waals surface area contributed by atoms with Crippen LogP contribution >= 0.6 is 0 Å². The van der Waals surface area contributed by atoms with Crippen molar-refractivity contribution in [1.29, 1.82) is 0 Å². The lowest BCUT2D eigenvalue weighted by Crippen LogP contribution is -2.11. The summed E-state index contributed by atoms with van der Waals surface area (Å²) in [6, 6.07) is 12.3. The molecular formula is C20H18N8. The summed E-state index contributed by atoms with van der Waals surface area (Å²) in [6.45, 7) is 2.75. The van der Waals surface area contributed by atoms with Gasteiger partial charge in [0.2, 0.25) is 0 Å². The second kappa shape index (κ2) is 6.73. The summed E-state index contributed by atoms with van der Waals surface area (Å²) >= 11 is 0. The number of H-pyrrole nitrogens is 1. The van der Waals surface area contributed by atoms with Gasteiger partial charge in [0.05, 0.1) is 6.33 Å². The Balaban J connectivity index is 1.47. The first-order valence-electron chi connectivity index (χ1n) is 9.07. The Hall–Kier alpha value is -3.81. The number of aromatic amines is 1. The summed E-state index contributed by atoms with van der Waals surface area (Å²) in [5.41, 5.74) is 5.45. The number of pyridine rings is 1. The maximum absolute atomic E-state index is 4.81. The first kappa shape index (κ1) is 16.4. The van der Waals surface area contributed by atoms with Gasteiger partial charge in [-0.25, -0.2) is 24.9 Å². The van der Waals surface area contributed by atoms with Crippen molar-refractivity contribution in [3.63, 3.8) is 0 Å². The van der Waals surface area contributed by atoms with Gasteiger partial charge in [0.25, 0.3) is 0 Å². The van der Waals surface area contributed by atoms with E-state index in [2.05, 4.69) is 66.0 Å². The van der Waals surface area contributed by atoms with E-state index in [0.717, 1.165) is 28.2 Å². The lowest BCUT2D eigenvalue weighted by molar-refractivity contribution is 0.863. The molecule has 4 aromatic heterocycles. The number of hydrogen-bond donors (Lipinski definition) is 2. The van der Waals surface area contributed by atoms with Gasteiger partial charge in [0.1, 0.15) is 23.2 Å². The van der Waals surface area contributed by atoms with Crippen LogP contribution in [0, 0.1) is 6.92 Å². The van der Waals surface area contributed by atoms with Crippen molar-refractivity contribution in [2.24, 2.45) is 0 Å². The minimum Gasteiger partial charge on any atom is -0.368 e. The van der Waals surface area contributed by atoms with Gasteiger partial charge in [-0.2, -0.15) is 0 Å². The molecule has 5 rings (SSSR count). The first-order chi connectivity index (χ1) is 13.8. The third kappa shape index (κ3) is 2.84. The van der Waals surface area contributed by atoms with Crippen LogP contribution in [-0.2, 0) is 6.42 Å². The number of rotatable bonds is 5. The lowest BCUT2D eigenvalue weighted by Gasteiger charge is -2.10. The van der Waals surface area contributed by atoms with Crippen LogP contribution in [0.2, 0.25) is 0 Å². The van der Waals surface area contributed by atoms with Crippen LogP contribution in [0.4, 0.5) is 5.82 Å². The van der Waals surface area contributed by atoms with Gasteiger partial charge in [0, 0.05) is 24.8 Å². The molecule has 8 heteroatoms. The summed E-state index contributed by atoms with van der Waals surface area (Å²) in [5.74, 6) is 1.65. The Morgan fingerprint density at radius 1 is 1.07 bits per heavy atom. The molecule has 0 fully saturated rings. The van der Waals surface area contributed by atoms with Crippen molar-refractivity contribution in [1.82, 2.24) is 34.5 Å². The second-order valence-electron chi connectivity index (χ2n) is 6.55. The highest BCUT2D eigenvalue weighted by molar-refractivity contribution is 5.81. The minimum absolute atomic E-state index is 0.661. The largest absolute Gasteiger partial charge is 0.368 e. The third-order valence-electron chi connectivity index (χ3n) is 4.60. The quantitative estimate of drug-likeness (QED) is 0.493. The molecule has 0 saturated heterocycles. The summed E-state index contributed by atoms with van der Waals surface area (Å²) in [6.07, 6.45) is 5.65. The molecule has 0 amide bonds. The summed E-state index contributed by atoms with van der Waals surface area (Å²) in [7, 11) is 0. The topological polar surface area (TPSA) is 97.2 Å². The predicted octanol–water partition coefficient (Wildman–Crippen LogP) is 3.05. The van der Waals surface area contributed by atoms with E-state index in [0.29, 0.717) is 24.4 Å². The highest BCUT2D eigenvalue weighted by atomic mass is 15.1. The van der Waals surface area contributed by atoms with Gasteiger partial charge in [-0.15, -0.1) is 0 Å². The number of hydrogen-bond acceptors (Lipinski definition) is 6. The van der Waals surface area contributed by atoms with E-state index >= 15 is 0 Å². The first-order valence-corrected chi connectivity index (χ1v) is 9.07. The normalized spacial score (nSPS) is 11.3. The number of anilines is 1. The molecule has 8 nitrogen and oxygen atoms in total. The van der Waals surface area contributed by atoms with Crippen LogP contribution < -0.4 is 5.32 Å². The summed E-state index contributed by atoms with van der Waals surface area (Å²) in [4.78, 5) is 25.1. The molecule has 1 aromatic carbocycles. The number of aryl methyl sites for hydroxylation is 1. The predicted molar refractivity (Wildman–Crippen MR) is 107 cm³/mol. The number of fused-ring (bicyclic) bond motifs is 2. The van der Waals surface area contributed by atoms with E-state index in [-0.39, 0.29) is 0 Å². The van der Waals surface area contributed by atoms with Gasteiger partial charge in [-0.1, -0.05) is 12.1 Å². The summed E-state index contributed by atoms with van der Waals surface area (Å²) in [5, 5.41) is 3.35. The van der Waals surface area contributed by atoms with Gasteiger partial charge < -0.3 is 10.3 Å². The van der Waals surface area contributed by atoms with E-state index in [4.69, 9.17) is 4.98 Å². The third-order valence-corrected chi connectivity index (χ3v) is 4.60. The van der Waals surface area contributed by atoms with Crippen LogP contribution in [0.1, 0.15) is 11.4 Å². The van der Waals surface area contributed by atoms with E-state index < -0.39 is 0 Å². The summed E-state index contributed by atoms with van der Waals surface area (Å²) < 4.78 is 2.12. The molecule has 0 unspecified atom stereocenters. The van der Waals surface area contributed by atoms with Crippen molar-refractivity contribution in [2.75, 3.05) is 11.9 Å². The van der Waals surface area contributed by atoms with E-state index in [1.54, 1.807) is 12.5 Å². The molecule has 0 aliphatic heterocycles. The molecule has 28 heavy (non-hydrogen) atoms. The SMILES string of the molecule is Cc1cccc(-n2c(CCNc3ncnc4[nH]cnc34)nc3cccnc32)c1. The Morgan fingerprint density at radius 2 is 2.04 bits per heavy atom. The van der Waals surface area contributed by atoms with Crippen LogP contribution in [0.3, 0.4) is 0 Å². The fraction of sp³-hybridized carbons (Fsp3) is 0.150. The molecule has 0 aliphatic rings. The van der Waals surface area contributed by atoms with Crippen molar-refractivity contribution < 1.29 is 0 Å². The Labute approximate surface area is 160 Å². The molecule has 2 N–H and O–H groups in total. The fourth-order valence-corrected chi connectivity index (χ4v) is 3.35. The molecular weight excluding hydrogens is 352 g/mol. The van der Waals surface area contributed by atoms with Gasteiger partial charge in [-0.05, 0) is 36.8 Å². The molecule has 0 spiro atoms. The van der Waals surface area contributed by atoms with Crippen LogP contribution in [0.5, 0.6) is 0 Å². The number of imidazole rings is 2. The van der Waals surface area contributed by atoms with Gasteiger partial charge in [0.15, 0.2) is 17.1 Å². The van der Waals surface area contributed by atoms with Gasteiger partial charge in [-0.3, -0.25) is 4.57 Å². The number of aromatic nitrogens is 7. The highest BCUT2D eigenvalue weighted by Gasteiger charge is 2.14. The van der Waals surface area contributed by atoms with E-state index in [1.807, 2.05) is 12.1 Å². The number of nitrogens with zero attached hydrogens (tertiary/aromatic N) is 6. The van der Waals surface area contributed by atoms with E-state index in [9.17, 15) is 0 Å². The van der Waals surface area contributed by atoms with Gasteiger partial charge >= 0.3 is 0 Å². The average molecular weight is 370 g/mol. The van der Waals surface area contributed by atoms with Crippen LogP contribution in [0.15, 0.2) is 55.2 Å². The molecule has 0 aliphatic carbocycles. The monoisotopic (exact) mass is 370 g/mol. The van der Waals surface area contributed by atoms with Crippen molar-refractivity contribution in [3.8, 4) is 5.69 Å². The average Bonchev–Trinajstić information content (AvgIpc) is 3.32. The maximum Gasteiger partial charge on any atom is 0.164 e. The van der Waals surface area contributed by atoms with Crippen molar-refractivity contribution in [2.45, 2.75) is 13.3 Å². The zero-order valence-electron chi connectivity index (χ0n) is 15.3. The van der Waals surface area contributed by atoms with Crippen molar-refractivity contribution in [3.05, 3.63) is 66.6 Å². The zero-order chi connectivity index (χ0) is 18.9.